The molecule has 3 amide bonds. The van der Waals surface area contributed by atoms with Gasteiger partial charge in [0.25, 0.3) is 11.8 Å². The summed E-state index contributed by atoms with van der Waals surface area (Å²) < 4.78 is 0. The number of rotatable bonds is 6. The molecule has 31 heavy (non-hydrogen) atoms. The molecule has 158 valence electrons. The first kappa shape index (κ1) is 20.6. The van der Waals surface area contributed by atoms with Crippen LogP contribution in [0.2, 0.25) is 0 Å². The Hall–Kier alpha value is -3.66. The predicted molar refractivity (Wildman–Crippen MR) is 119 cm³/mol. The summed E-state index contributed by atoms with van der Waals surface area (Å²) in [4.78, 5) is 41.7. The molecule has 9 nitrogen and oxygen atoms in total. The van der Waals surface area contributed by atoms with Gasteiger partial charge in [0.1, 0.15) is 11.7 Å². The van der Waals surface area contributed by atoms with E-state index in [9.17, 15) is 14.4 Å². The van der Waals surface area contributed by atoms with Gasteiger partial charge in [-0.1, -0.05) is 0 Å². The number of aromatic amines is 1. The molecule has 0 saturated carbocycles. The average molecular weight is 436 g/mol. The molecular formula is C21H20N6O3S. The Labute approximate surface area is 182 Å². The van der Waals surface area contributed by atoms with Crippen molar-refractivity contribution in [2.45, 2.75) is 12.5 Å². The monoisotopic (exact) mass is 436 g/mol. The molecule has 1 aliphatic rings. The summed E-state index contributed by atoms with van der Waals surface area (Å²) in [5.74, 6) is -0.269. The lowest BCUT2D eigenvalue weighted by molar-refractivity contribution is -0.117. The Balaban J connectivity index is 1.50. The number of nitrogens with zero attached hydrogens (tertiary/aromatic N) is 2. The lowest BCUT2D eigenvalue weighted by Gasteiger charge is -2.13. The van der Waals surface area contributed by atoms with Crippen LogP contribution in [0.5, 0.6) is 0 Å². The standard InChI is InChI=1S/C21H20N6O3S/c1-31-8-6-16-20(29)24-15-5-4-13(9-14(15)19(28)25-16)23-21(30)18-10-17(26-27-18)12-3-2-7-22-11-12/h2-5,7,9-11,16H,6,8H2,1H3,(H,23,30)(H,24,29)(H,25,28)(H,26,27). The van der Waals surface area contributed by atoms with Crippen LogP contribution >= 0.6 is 11.8 Å². The van der Waals surface area contributed by atoms with Gasteiger partial charge < -0.3 is 16.0 Å². The van der Waals surface area contributed by atoms with Crippen LogP contribution in [0.15, 0.2) is 48.8 Å². The lowest BCUT2D eigenvalue weighted by atomic mass is 10.1. The third kappa shape index (κ3) is 4.58. The van der Waals surface area contributed by atoms with E-state index in [0.717, 1.165) is 11.3 Å². The molecule has 1 unspecified atom stereocenters. The van der Waals surface area contributed by atoms with Gasteiger partial charge in [0.2, 0.25) is 5.91 Å². The molecule has 0 saturated heterocycles. The van der Waals surface area contributed by atoms with Gasteiger partial charge >= 0.3 is 0 Å². The van der Waals surface area contributed by atoms with Crippen molar-refractivity contribution in [3.05, 3.63) is 60.0 Å². The highest BCUT2D eigenvalue weighted by Crippen LogP contribution is 2.24. The summed E-state index contributed by atoms with van der Waals surface area (Å²) >= 11 is 1.61. The van der Waals surface area contributed by atoms with Gasteiger partial charge in [0.05, 0.1) is 16.9 Å². The van der Waals surface area contributed by atoms with Gasteiger partial charge in [-0.15, -0.1) is 0 Å². The second kappa shape index (κ2) is 9.00. The fourth-order valence-electron chi connectivity index (χ4n) is 3.18. The van der Waals surface area contributed by atoms with E-state index < -0.39 is 11.9 Å². The summed E-state index contributed by atoms with van der Waals surface area (Å²) in [7, 11) is 0. The van der Waals surface area contributed by atoms with Crippen molar-refractivity contribution >= 4 is 40.9 Å². The Morgan fingerprint density at radius 1 is 1.23 bits per heavy atom. The number of hydrogen-bond donors (Lipinski definition) is 4. The number of nitrogens with one attached hydrogen (secondary N) is 4. The van der Waals surface area contributed by atoms with Crippen LogP contribution in [0.25, 0.3) is 11.3 Å². The van der Waals surface area contributed by atoms with Gasteiger partial charge in [-0.05, 0) is 54.8 Å². The summed E-state index contributed by atoms with van der Waals surface area (Å²) in [5.41, 5.74) is 2.77. The van der Waals surface area contributed by atoms with Crippen molar-refractivity contribution in [2.24, 2.45) is 0 Å². The third-order valence-corrected chi connectivity index (χ3v) is 5.44. The van der Waals surface area contributed by atoms with Gasteiger partial charge in [0.15, 0.2) is 0 Å². The highest BCUT2D eigenvalue weighted by Gasteiger charge is 2.27. The molecule has 0 radical (unpaired) electrons. The maximum absolute atomic E-state index is 12.6. The molecule has 1 atom stereocenters. The Morgan fingerprint density at radius 2 is 2.10 bits per heavy atom. The number of fused-ring (bicyclic) bond motifs is 1. The van der Waals surface area contributed by atoms with Crippen LogP contribution in [0.3, 0.4) is 0 Å². The molecule has 4 rings (SSSR count). The van der Waals surface area contributed by atoms with Gasteiger partial charge in [-0.3, -0.25) is 24.5 Å². The second-order valence-corrected chi connectivity index (χ2v) is 7.91. The number of amides is 3. The zero-order valence-corrected chi connectivity index (χ0v) is 17.5. The maximum atomic E-state index is 12.6. The quantitative estimate of drug-likeness (QED) is 0.470. The molecule has 4 N–H and O–H groups in total. The summed E-state index contributed by atoms with van der Waals surface area (Å²) in [6, 6.07) is 9.43. The van der Waals surface area contributed by atoms with E-state index in [2.05, 4.69) is 31.1 Å². The van der Waals surface area contributed by atoms with E-state index in [1.54, 1.807) is 48.4 Å². The van der Waals surface area contributed by atoms with E-state index in [0.29, 0.717) is 29.1 Å². The zero-order chi connectivity index (χ0) is 21.8. The SMILES string of the molecule is CSCCC1NC(=O)c2cc(NC(=O)c3cc(-c4cccnc4)n[nH]3)ccc2NC1=O. The van der Waals surface area contributed by atoms with E-state index >= 15 is 0 Å². The molecule has 2 aromatic heterocycles. The largest absolute Gasteiger partial charge is 0.340 e. The topological polar surface area (TPSA) is 129 Å². The molecule has 0 spiro atoms. The molecule has 0 aliphatic carbocycles. The van der Waals surface area contributed by atoms with Crippen molar-refractivity contribution < 1.29 is 14.4 Å². The van der Waals surface area contributed by atoms with E-state index in [4.69, 9.17) is 0 Å². The second-order valence-electron chi connectivity index (χ2n) is 6.92. The van der Waals surface area contributed by atoms with Crippen molar-refractivity contribution in [3.63, 3.8) is 0 Å². The first-order valence-electron chi connectivity index (χ1n) is 9.57. The number of pyridine rings is 1. The van der Waals surface area contributed by atoms with Gasteiger partial charge in [-0.2, -0.15) is 16.9 Å². The molecule has 1 aliphatic heterocycles. The fraction of sp³-hybridized carbons (Fsp3) is 0.190. The van der Waals surface area contributed by atoms with Crippen LogP contribution < -0.4 is 16.0 Å². The van der Waals surface area contributed by atoms with Crippen molar-refractivity contribution in [2.75, 3.05) is 22.6 Å². The number of hydrogen-bond acceptors (Lipinski definition) is 6. The molecule has 1 aromatic carbocycles. The maximum Gasteiger partial charge on any atom is 0.273 e. The zero-order valence-electron chi connectivity index (χ0n) is 16.6. The predicted octanol–water partition coefficient (Wildman–Crippen LogP) is 2.53. The summed E-state index contributed by atoms with van der Waals surface area (Å²) in [5, 5.41) is 15.1. The average Bonchev–Trinajstić information content (AvgIpc) is 3.24. The van der Waals surface area contributed by atoms with Crippen molar-refractivity contribution in [1.29, 1.82) is 0 Å². The highest BCUT2D eigenvalue weighted by atomic mass is 32.2. The molecule has 0 fully saturated rings. The van der Waals surface area contributed by atoms with Crippen molar-refractivity contribution in [1.82, 2.24) is 20.5 Å². The number of carbonyl (C=O) groups is 3. The molecular weight excluding hydrogens is 416 g/mol. The van der Waals surface area contributed by atoms with Crippen LogP contribution in [0.1, 0.15) is 27.3 Å². The number of H-pyrrole nitrogens is 1. The van der Waals surface area contributed by atoms with Crippen molar-refractivity contribution in [3.8, 4) is 11.3 Å². The smallest absolute Gasteiger partial charge is 0.273 e. The first-order valence-corrected chi connectivity index (χ1v) is 11.0. The molecule has 10 heteroatoms. The number of aromatic nitrogens is 3. The first-order chi connectivity index (χ1) is 15.0. The molecule has 3 heterocycles. The van der Waals surface area contributed by atoms with Crippen LogP contribution in [-0.2, 0) is 4.79 Å². The third-order valence-electron chi connectivity index (χ3n) is 4.79. The Kier molecular flexibility index (Phi) is 5.99. The van der Waals surface area contributed by atoms with Gasteiger partial charge in [-0.25, -0.2) is 0 Å². The molecule has 3 aromatic rings. The minimum absolute atomic E-state index is 0.252. The number of thioether (sulfide) groups is 1. The fourth-order valence-corrected chi connectivity index (χ4v) is 3.65. The van der Waals surface area contributed by atoms with Gasteiger partial charge in [0, 0.05) is 23.6 Å². The van der Waals surface area contributed by atoms with Crippen LogP contribution in [0, 0.1) is 0 Å². The normalized spacial score (nSPS) is 15.5. The van der Waals surface area contributed by atoms with E-state index in [1.165, 1.54) is 6.07 Å². The Bertz CT molecular complexity index is 1130. The van der Waals surface area contributed by atoms with E-state index in [1.807, 2.05) is 12.3 Å². The van der Waals surface area contributed by atoms with E-state index in [-0.39, 0.29) is 17.5 Å². The number of carbonyl (C=O) groups excluding carboxylic acids is 3. The molecule has 0 bridgehead atoms. The van der Waals surface area contributed by atoms with Crippen LogP contribution in [-0.4, -0.2) is 51.0 Å². The summed E-state index contributed by atoms with van der Waals surface area (Å²) in [6.07, 6.45) is 5.80. The number of anilines is 2. The minimum Gasteiger partial charge on any atom is -0.340 e. The Morgan fingerprint density at radius 3 is 2.87 bits per heavy atom. The minimum atomic E-state index is -0.596. The van der Waals surface area contributed by atoms with Crippen LogP contribution in [0.4, 0.5) is 11.4 Å². The lowest BCUT2D eigenvalue weighted by Crippen LogP contribution is -2.41. The highest BCUT2D eigenvalue weighted by molar-refractivity contribution is 7.98. The summed E-state index contributed by atoms with van der Waals surface area (Å²) in [6.45, 7) is 0. The number of benzene rings is 1.